The summed E-state index contributed by atoms with van der Waals surface area (Å²) in [6.07, 6.45) is 3.16. The first-order chi connectivity index (χ1) is 12.0. The number of rotatable bonds is 4. The minimum absolute atomic E-state index is 0.195. The molecule has 0 saturated carbocycles. The van der Waals surface area contributed by atoms with Crippen LogP contribution in [0, 0.1) is 0 Å². The van der Waals surface area contributed by atoms with Crippen LogP contribution in [0.2, 0.25) is 5.02 Å². The first-order valence-electron chi connectivity index (χ1n) is 7.59. The zero-order valence-electron chi connectivity index (χ0n) is 13.6. The highest BCUT2D eigenvalue weighted by atomic mass is 35.5. The van der Waals surface area contributed by atoms with Crippen LogP contribution in [-0.4, -0.2) is 30.8 Å². The molecular weight excluding hydrogens is 342 g/mol. The van der Waals surface area contributed by atoms with Crippen LogP contribution >= 0.6 is 11.6 Å². The predicted octanol–water partition coefficient (Wildman–Crippen LogP) is 3.61. The fourth-order valence-corrected chi connectivity index (χ4v) is 2.33. The summed E-state index contributed by atoms with van der Waals surface area (Å²) >= 11 is 5.87. The number of nitrogens with zero attached hydrogens (tertiary/aromatic N) is 5. The number of hydrogen-bond acceptors (Lipinski definition) is 5. The topological polar surface area (TPSA) is 97.6 Å². The Kier molecular flexibility index (Phi) is 4.90. The molecule has 128 valence electrons. The van der Waals surface area contributed by atoms with E-state index in [2.05, 4.69) is 30.8 Å². The SMILES string of the molecule is CC(C)n1cnnc1-c1cccc(NC(=O)Nc2cc(Cl)ccn2)n1. The zero-order valence-corrected chi connectivity index (χ0v) is 14.4. The molecule has 0 atom stereocenters. The van der Waals surface area contributed by atoms with Gasteiger partial charge in [-0.3, -0.25) is 10.6 Å². The van der Waals surface area contributed by atoms with Crippen LogP contribution in [0.1, 0.15) is 19.9 Å². The van der Waals surface area contributed by atoms with Gasteiger partial charge >= 0.3 is 6.03 Å². The molecule has 3 aromatic rings. The van der Waals surface area contributed by atoms with Gasteiger partial charge in [-0.2, -0.15) is 0 Å². The number of urea groups is 1. The van der Waals surface area contributed by atoms with Gasteiger partial charge in [-0.25, -0.2) is 14.8 Å². The second kappa shape index (κ2) is 7.27. The summed E-state index contributed by atoms with van der Waals surface area (Å²) < 4.78 is 1.90. The zero-order chi connectivity index (χ0) is 17.8. The Hall–Kier alpha value is -3.00. The normalized spacial score (nSPS) is 10.7. The molecule has 3 heterocycles. The molecule has 0 aromatic carbocycles. The summed E-state index contributed by atoms with van der Waals surface area (Å²) in [5, 5.41) is 13.8. The van der Waals surface area contributed by atoms with Crippen molar-refractivity contribution in [2.45, 2.75) is 19.9 Å². The number of pyridine rings is 2. The number of nitrogens with one attached hydrogen (secondary N) is 2. The number of aromatic nitrogens is 5. The van der Waals surface area contributed by atoms with Crippen molar-refractivity contribution in [3.05, 3.63) is 47.9 Å². The van der Waals surface area contributed by atoms with Crippen molar-refractivity contribution in [1.29, 1.82) is 0 Å². The Morgan fingerprint density at radius 2 is 2.00 bits per heavy atom. The molecular formula is C16H16ClN7O. The Balaban J connectivity index is 1.75. The lowest BCUT2D eigenvalue weighted by atomic mass is 10.3. The number of carbonyl (C=O) groups is 1. The number of carbonyl (C=O) groups excluding carboxylic acids is 1. The standard InChI is InChI=1S/C16H16ClN7O/c1-10(2)24-9-19-23-15(24)12-4-3-5-13(20-12)21-16(25)22-14-8-11(17)6-7-18-14/h3-10H,1-2H3,(H2,18,20,21,22,25). The van der Waals surface area contributed by atoms with Crippen LogP contribution in [0.5, 0.6) is 0 Å². The summed E-state index contributed by atoms with van der Waals surface area (Å²) in [5.74, 6) is 1.37. The molecule has 0 bridgehead atoms. The van der Waals surface area contributed by atoms with E-state index in [-0.39, 0.29) is 6.04 Å². The van der Waals surface area contributed by atoms with Crippen molar-refractivity contribution in [2.24, 2.45) is 0 Å². The monoisotopic (exact) mass is 357 g/mol. The third kappa shape index (κ3) is 4.10. The highest BCUT2D eigenvalue weighted by Crippen LogP contribution is 2.20. The first-order valence-corrected chi connectivity index (χ1v) is 7.97. The molecule has 0 aliphatic carbocycles. The van der Waals surface area contributed by atoms with Gasteiger partial charge in [0.25, 0.3) is 0 Å². The van der Waals surface area contributed by atoms with Gasteiger partial charge in [-0.15, -0.1) is 10.2 Å². The van der Waals surface area contributed by atoms with E-state index in [9.17, 15) is 4.79 Å². The van der Waals surface area contributed by atoms with Gasteiger partial charge in [0.05, 0.1) is 0 Å². The summed E-state index contributed by atoms with van der Waals surface area (Å²) in [6.45, 7) is 4.06. The van der Waals surface area contributed by atoms with Gasteiger partial charge in [-0.05, 0) is 38.1 Å². The Labute approximate surface area is 149 Å². The van der Waals surface area contributed by atoms with Crippen LogP contribution in [0.3, 0.4) is 0 Å². The second-order valence-corrected chi connectivity index (χ2v) is 5.94. The molecule has 0 aliphatic rings. The maximum atomic E-state index is 12.1. The van der Waals surface area contributed by atoms with Crippen molar-refractivity contribution in [3.8, 4) is 11.5 Å². The highest BCUT2D eigenvalue weighted by Gasteiger charge is 2.12. The predicted molar refractivity (Wildman–Crippen MR) is 95.5 cm³/mol. The van der Waals surface area contributed by atoms with Crippen LogP contribution in [0.15, 0.2) is 42.9 Å². The highest BCUT2D eigenvalue weighted by molar-refractivity contribution is 6.30. The third-order valence-corrected chi connectivity index (χ3v) is 3.55. The van der Waals surface area contributed by atoms with E-state index in [1.165, 1.54) is 6.20 Å². The molecule has 25 heavy (non-hydrogen) atoms. The molecule has 2 amide bonds. The summed E-state index contributed by atoms with van der Waals surface area (Å²) in [6, 6.07) is 8.19. The molecule has 8 nitrogen and oxygen atoms in total. The average molecular weight is 358 g/mol. The lowest BCUT2D eigenvalue weighted by molar-refractivity contribution is 0.262. The molecule has 0 fully saturated rings. The van der Waals surface area contributed by atoms with E-state index in [1.807, 2.05) is 24.5 Å². The number of amides is 2. The van der Waals surface area contributed by atoms with Crippen LogP contribution in [0.4, 0.5) is 16.4 Å². The van der Waals surface area contributed by atoms with E-state index in [0.717, 1.165) is 0 Å². The lowest BCUT2D eigenvalue weighted by Crippen LogP contribution is -2.20. The quantitative estimate of drug-likeness (QED) is 0.743. The minimum Gasteiger partial charge on any atom is -0.310 e. The summed E-state index contributed by atoms with van der Waals surface area (Å²) in [4.78, 5) is 20.5. The van der Waals surface area contributed by atoms with Gasteiger partial charge in [0.1, 0.15) is 23.7 Å². The summed E-state index contributed by atoms with van der Waals surface area (Å²) in [7, 11) is 0. The molecule has 2 N–H and O–H groups in total. The van der Waals surface area contributed by atoms with Crippen molar-refractivity contribution in [1.82, 2.24) is 24.7 Å². The van der Waals surface area contributed by atoms with Gasteiger partial charge in [0.15, 0.2) is 5.82 Å². The van der Waals surface area contributed by atoms with Gasteiger partial charge in [-0.1, -0.05) is 17.7 Å². The number of halogens is 1. The molecule has 3 aromatic heterocycles. The van der Waals surface area contributed by atoms with Crippen LogP contribution < -0.4 is 10.6 Å². The third-order valence-electron chi connectivity index (χ3n) is 3.31. The maximum Gasteiger partial charge on any atom is 0.326 e. The number of hydrogen-bond donors (Lipinski definition) is 2. The molecule has 0 aliphatic heterocycles. The van der Waals surface area contributed by atoms with Crippen molar-refractivity contribution < 1.29 is 4.79 Å². The second-order valence-electron chi connectivity index (χ2n) is 5.50. The largest absolute Gasteiger partial charge is 0.326 e. The maximum absolute atomic E-state index is 12.1. The Morgan fingerprint density at radius 3 is 2.76 bits per heavy atom. The Morgan fingerprint density at radius 1 is 1.20 bits per heavy atom. The number of anilines is 2. The van der Waals surface area contributed by atoms with E-state index in [1.54, 1.807) is 30.6 Å². The van der Waals surface area contributed by atoms with Gasteiger partial charge in [0, 0.05) is 17.3 Å². The smallest absolute Gasteiger partial charge is 0.310 e. The molecule has 0 spiro atoms. The van der Waals surface area contributed by atoms with Crippen LogP contribution in [0.25, 0.3) is 11.5 Å². The molecule has 3 rings (SSSR count). The first kappa shape index (κ1) is 16.8. The molecule has 9 heteroatoms. The van der Waals surface area contributed by atoms with E-state index in [4.69, 9.17) is 11.6 Å². The summed E-state index contributed by atoms with van der Waals surface area (Å²) in [5.41, 5.74) is 0.616. The van der Waals surface area contributed by atoms with Crippen molar-refractivity contribution in [2.75, 3.05) is 10.6 Å². The van der Waals surface area contributed by atoms with E-state index < -0.39 is 6.03 Å². The molecule has 0 saturated heterocycles. The molecule has 0 radical (unpaired) electrons. The Bertz CT molecular complexity index is 893. The van der Waals surface area contributed by atoms with Gasteiger partial charge in [0.2, 0.25) is 0 Å². The van der Waals surface area contributed by atoms with E-state index >= 15 is 0 Å². The average Bonchev–Trinajstić information content (AvgIpc) is 3.05. The molecule has 0 unspecified atom stereocenters. The van der Waals surface area contributed by atoms with Gasteiger partial charge < -0.3 is 4.57 Å². The lowest BCUT2D eigenvalue weighted by Gasteiger charge is -2.11. The minimum atomic E-state index is -0.468. The fourth-order valence-electron chi connectivity index (χ4n) is 2.17. The van der Waals surface area contributed by atoms with Crippen molar-refractivity contribution >= 4 is 29.3 Å². The van der Waals surface area contributed by atoms with E-state index in [0.29, 0.717) is 28.2 Å². The van der Waals surface area contributed by atoms with Crippen molar-refractivity contribution in [3.63, 3.8) is 0 Å². The fraction of sp³-hybridized carbons (Fsp3) is 0.188. The van der Waals surface area contributed by atoms with Crippen LogP contribution in [-0.2, 0) is 0 Å².